The van der Waals surface area contributed by atoms with E-state index in [-0.39, 0.29) is 24.1 Å². The summed E-state index contributed by atoms with van der Waals surface area (Å²) in [5, 5.41) is 14.9. The second-order valence-corrected chi connectivity index (χ2v) is 10.1. The molecule has 2 amide bonds. The molecule has 0 aliphatic carbocycles. The number of nitrogens with one attached hydrogen (secondary N) is 2. The molecule has 2 aromatic carbocycles. The minimum absolute atomic E-state index is 0.113. The van der Waals surface area contributed by atoms with Gasteiger partial charge in [0, 0.05) is 15.8 Å². The van der Waals surface area contributed by atoms with Gasteiger partial charge in [0.05, 0.1) is 12.3 Å². The zero-order valence-corrected chi connectivity index (χ0v) is 23.3. The van der Waals surface area contributed by atoms with Gasteiger partial charge < -0.3 is 19.9 Å². The zero-order chi connectivity index (χ0) is 25.4. The van der Waals surface area contributed by atoms with Crippen LogP contribution in [-0.4, -0.2) is 38.4 Å². The van der Waals surface area contributed by atoms with Crippen molar-refractivity contribution < 1.29 is 14.3 Å². The smallest absolute Gasteiger partial charge is 0.261 e. The molecule has 0 aliphatic rings. The number of hydrogen-bond acceptors (Lipinski definition) is 6. The lowest BCUT2D eigenvalue weighted by molar-refractivity contribution is -0.127. The zero-order valence-electron chi connectivity index (χ0n) is 20.3. The highest BCUT2D eigenvalue weighted by Gasteiger charge is 2.18. The van der Waals surface area contributed by atoms with Crippen molar-refractivity contribution in [2.75, 3.05) is 11.1 Å². The standard InChI is InChI=1S/C25H30IN5O3S/c1-5-18-7-10-20(11-8-18)34-17(4)24(33)27-14-22-29-30-25(31(22)6-2)35-15-23(32)28-21-12-9-19(26)13-16(21)3/h7-13,17H,5-6,14-15H2,1-4H3,(H,27,33)(H,28,32)/t17-/m1/s1. The van der Waals surface area contributed by atoms with Crippen LogP contribution < -0.4 is 15.4 Å². The third-order valence-corrected chi connectivity index (χ3v) is 6.98. The van der Waals surface area contributed by atoms with Crippen LogP contribution in [0.15, 0.2) is 47.6 Å². The third kappa shape index (κ3) is 7.69. The summed E-state index contributed by atoms with van der Waals surface area (Å²) in [6.45, 7) is 8.58. The van der Waals surface area contributed by atoms with Gasteiger partial charge in [0.2, 0.25) is 5.91 Å². The van der Waals surface area contributed by atoms with E-state index in [0.717, 1.165) is 21.2 Å². The number of aromatic nitrogens is 3. The van der Waals surface area contributed by atoms with Crippen molar-refractivity contribution in [3.63, 3.8) is 0 Å². The summed E-state index contributed by atoms with van der Waals surface area (Å²) in [7, 11) is 0. The number of rotatable bonds is 11. The number of nitrogens with zero attached hydrogens (tertiary/aromatic N) is 3. The van der Waals surface area contributed by atoms with E-state index in [1.807, 2.05) is 60.9 Å². The molecule has 8 nitrogen and oxygen atoms in total. The van der Waals surface area contributed by atoms with Gasteiger partial charge in [0.25, 0.3) is 5.91 Å². The number of benzene rings is 2. The molecule has 0 saturated heterocycles. The number of anilines is 1. The monoisotopic (exact) mass is 607 g/mol. The normalized spacial score (nSPS) is 11.7. The van der Waals surface area contributed by atoms with Gasteiger partial charge in [-0.1, -0.05) is 30.8 Å². The van der Waals surface area contributed by atoms with Crippen LogP contribution in [0.4, 0.5) is 5.69 Å². The van der Waals surface area contributed by atoms with Crippen molar-refractivity contribution in [1.82, 2.24) is 20.1 Å². The van der Waals surface area contributed by atoms with Crippen molar-refractivity contribution >= 4 is 51.9 Å². The summed E-state index contributed by atoms with van der Waals surface area (Å²) in [6.07, 6.45) is 0.300. The van der Waals surface area contributed by atoms with Crippen LogP contribution in [0.1, 0.15) is 37.7 Å². The van der Waals surface area contributed by atoms with E-state index in [1.165, 1.54) is 17.3 Å². The average Bonchev–Trinajstić information content (AvgIpc) is 3.25. The molecule has 10 heteroatoms. The fourth-order valence-corrected chi connectivity index (χ4v) is 4.80. The first kappa shape index (κ1) is 27.0. The number of thioether (sulfide) groups is 1. The topological polar surface area (TPSA) is 98.1 Å². The van der Waals surface area contributed by atoms with Gasteiger partial charge in [-0.15, -0.1) is 10.2 Å². The molecule has 0 aliphatic heterocycles. The molecule has 186 valence electrons. The lowest BCUT2D eigenvalue weighted by atomic mass is 10.2. The average molecular weight is 608 g/mol. The minimum Gasteiger partial charge on any atom is -0.481 e. The molecule has 2 N–H and O–H groups in total. The second kappa shape index (κ2) is 12.9. The molecule has 0 spiro atoms. The Balaban J connectivity index is 1.51. The molecule has 0 bridgehead atoms. The van der Waals surface area contributed by atoms with Gasteiger partial charge >= 0.3 is 0 Å². The summed E-state index contributed by atoms with van der Waals surface area (Å²) in [5.74, 6) is 1.13. The Morgan fingerprint density at radius 1 is 1.14 bits per heavy atom. The summed E-state index contributed by atoms with van der Waals surface area (Å²) >= 11 is 3.56. The quantitative estimate of drug-likeness (QED) is 0.245. The van der Waals surface area contributed by atoms with Crippen molar-refractivity contribution in [2.45, 2.75) is 58.5 Å². The summed E-state index contributed by atoms with van der Waals surface area (Å²) in [6, 6.07) is 13.6. The number of hydrogen-bond donors (Lipinski definition) is 2. The SMILES string of the molecule is CCc1ccc(O[C@H](C)C(=O)NCc2nnc(SCC(=O)Nc3ccc(I)cc3C)n2CC)cc1. The first-order valence-electron chi connectivity index (χ1n) is 11.4. The van der Waals surface area contributed by atoms with E-state index in [9.17, 15) is 9.59 Å². The molecule has 3 rings (SSSR count). The van der Waals surface area contributed by atoms with Gasteiger partial charge in [-0.05, 0) is 91.2 Å². The fraction of sp³-hybridized carbons (Fsp3) is 0.360. The Morgan fingerprint density at radius 3 is 2.54 bits per heavy atom. The Bertz CT molecular complexity index is 1170. The molecule has 3 aromatic rings. The third-order valence-electron chi connectivity index (χ3n) is 5.34. The molecular formula is C25H30IN5O3S. The Morgan fingerprint density at radius 2 is 1.89 bits per heavy atom. The maximum atomic E-state index is 12.5. The van der Waals surface area contributed by atoms with E-state index in [4.69, 9.17) is 4.74 Å². The van der Waals surface area contributed by atoms with Crippen LogP contribution in [0.25, 0.3) is 0 Å². The number of halogens is 1. The van der Waals surface area contributed by atoms with Crippen LogP contribution in [0.5, 0.6) is 5.75 Å². The fourth-order valence-electron chi connectivity index (χ4n) is 3.33. The van der Waals surface area contributed by atoms with E-state index in [2.05, 4.69) is 50.3 Å². The maximum absolute atomic E-state index is 12.5. The predicted octanol–water partition coefficient (Wildman–Crippen LogP) is 4.59. The number of carbonyl (C=O) groups excluding carboxylic acids is 2. The van der Waals surface area contributed by atoms with E-state index >= 15 is 0 Å². The van der Waals surface area contributed by atoms with Crippen LogP contribution in [0.2, 0.25) is 0 Å². The van der Waals surface area contributed by atoms with Crippen molar-refractivity contribution in [3.8, 4) is 5.75 Å². The summed E-state index contributed by atoms with van der Waals surface area (Å²) < 4.78 is 8.76. The molecule has 0 fully saturated rings. The highest BCUT2D eigenvalue weighted by molar-refractivity contribution is 14.1. The lowest BCUT2D eigenvalue weighted by Gasteiger charge is -2.15. The van der Waals surface area contributed by atoms with Crippen LogP contribution in [0.3, 0.4) is 0 Å². The molecule has 35 heavy (non-hydrogen) atoms. The Hall–Kier alpha value is -2.60. The molecular weight excluding hydrogens is 577 g/mol. The summed E-state index contributed by atoms with van der Waals surface area (Å²) in [4.78, 5) is 25.0. The maximum Gasteiger partial charge on any atom is 0.261 e. The molecule has 0 saturated carbocycles. The molecule has 0 unspecified atom stereocenters. The molecule has 1 atom stereocenters. The molecule has 1 aromatic heterocycles. The Kier molecular flexibility index (Phi) is 9.96. The highest BCUT2D eigenvalue weighted by atomic mass is 127. The van der Waals surface area contributed by atoms with Crippen molar-refractivity contribution in [1.29, 1.82) is 0 Å². The van der Waals surface area contributed by atoms with Gasteiger partial charge in [-0.25, -0.2) is 0 Å². The Labute approximate surface area is 223 Å². The van der Waals surface area contributed by atoms with Crippen molar-refractivity contribution in [2.24, 2.45) is 0 Å². The number of aryl methyl sites for hydroxylation is 2. The van der Waals surface area contributed by atoms with Crippen LogP contribution >= 0.6 is 34.4 Å². The number of carbonyl (C=O) groups is 2. The van der Waals surface area contributed by atoms with Gasteiger partial charge in [-0.2, -0.15) is 0 Å². The molecule has 1 heterocycles. The van der Waals surface area contributed by atoms with Crippen molar-refractivity contribution in [3.05, 3.63) is 63.0 Å². The van der Waals surface area contributed by atoms with Gasteiger partial charge in [-0.3, -0.25) is 9.59 Å². The summed E-state index contributed by atoms with van der Waals surface area (Å²) in [5.41, 5.74) is 3.03. The first-order valence-corrected chi connectivity index (χ1v) is 13.5. The molecule has 0 radical (unpaired) electrons. The van der Waals surface area contributed by atoms with E-state index in [1.54, 1.807) is 6.92 Å². The predicted molar refractivity (Wildman–Crippen MR) is 147 cm³/mol. The van der Waals surface area contributed by atoms with Gasteiger partial charge in [0.1, 0.15) is 5.75 Å². The number of amides is 2. The van der Waals surface area contributed by atoms with E-state index in [0.29, 0.717) is 23.3 Å². The van der Waals surface area contributed by atoms with E-state index < -0.39 is 6.10 Å². The van der Waals surface area contributed by atoms with Crippen LogP contribution in [-0.2, 0) is 29.1 Å². The second-order valence-electron chi connectivity index (χ2n) is 7.91. The number of ether oxygens (including phenoxy) is 1. The largest absolute Gasteiger partial charge is 0.481 e. The first-order chi connectivity index (χ1) is 16.8. The van der Waals surface area contributed by atoms with Crippen LogP contribution in [0, 0.1) is 10.5 Å². The highest BCUT2D eigenvalue weighted by Crippen LogP contribution is 2.21. The lowest BCUT2D eigenvalue weighted by Crippen LogP contribution is -2.36. The van der Waals surface area contributed by atoms with Gasteiger partial charge in [0.15, 0.2) is 17.1 Å². The minimum atomic E-state index is -0.650.